The zero-order valence-corrected chi connectivity index (χ0v) is 12.5. The van der Waals surface area contributed by atoms with Crippen LogP contribution in [0.5, 0.6) is 0 Å². The molecule has 3 atom stereocenters. The highest BCUT2D eigenvalue weighted by Crippen LogP contribution is 2.30. The molecule has 106 valence electrons. The lowest BCUT2D eigenvalue weighted by atomic mass is 9.88. The Hall–Kier alpha value is -0.120. The predicted molar refractivity (Wildman–Crippen MR) is 75.9 cm³/mol. The summed E-state index contributed by atoms with van der Waals surface area (Å²) < 4.78 is 5.83. The molecule has 2 saturated heterocycles. The van der Waals surface area contributed by atoms with Crippen LogP contribution in [0.25, 0.3) is 0 Å². The smallest absolute Gasteiger partial charge is 0.0641 e. The van der Waals surface area contributed by atoms with Crippen LogP contribution in [0.3, 0.4) is 0 Å². The van der Waals surface area contributed by atoms with E-state index in [9.17, 15) is 0 Å². The van der Waals surface area contributed by atoms with Crippen LogP contribution in [0.1, 0.15) is 47.0 Å². The number of ether oxygens (including phenoxy) is 1. The van der Waals surface area contributed by atoms with E-state index in [1.54, 1.807) is 0 Å². The maximum Gasteiger partial charge on any atom is 0.0641 e. The Morgan fingerprint density at radius 2 is 2.11 bits per heavy atom. The van der Waals surface area contributed by atoms with E-state index in [1.807, 2.05) is 0 Å². The fourth-order valence-corrected chi connectivity index (χ4v) is 3.59. The van der Waals surface area contributed by atoms with Gasteiger partial charge in [0.1, 0.15) is 0 Å². The van der Waals surface area contributed by atoms with Crippen molar-refractivity contribution in [2.24, 2.45) is 5.92 Å². The van der Waals surface area contributed by atoms with Gasteiger partial charge in [-0.2, -0.15) is 0 Å². The summed E-state index contributed by atoms with van der Waals surface area (Å²) in [4.78, 5) is 2.71. The van der Waals surface area contributed by atoms with E-state index in [1.165, 1.54) is 32.4 Å². The van der Waals surface area contributed by atoms with Gasteiger partial charge in [-0.3, -0.25) is 4.90 Å². The predicted octanol–water partition coefficient (Wildman–Crippen LogP) is 2.26. The van der Waals surface area contributed by atoms with Gasteiger partial charge in [-0.15, -0.1) is 0 Å². The zero-order valence-electron chi connectivity index (χ0n) is 12.5. The molecule has 3 nitrogen and oxygen atoms in total. The van der Waals surface area contributed by atoms with Gasteiger partial charge in [0.25, 0.3) is 0 Å². The SMILES string of the molecule is CCNC1CCN(C2CCOC(C)(C)C2)CC1C. The fraction of sp³-hybridized carbons (Fsp3) is 1.00. The van der Waals surface area contributed by atoms with Crippen molar-refractivity contribution in [3.8, 4) is 0 Å². The van der Waals surface area contributed by atoms with Crippen LogP contribution in [0, 0.1) is 5.92 Å². The summed E-state index contributed by atoms with van der Waals surface area (Å²) in [6.07, 6.45) is 3.69. The van der Waals surface area contributed by atoms with Gasteiger partial charge in [0.05, 0.1) is 5.60 Å². The molecule has 0 aromatic carbocycles. The Labute approximate surface area is 112 Å². The van der Waals surface area contributed by atoms with Crippen molar-refractivity contribution in [2.45, 2.75) is 64.6 Å². The number of nitrogens with one attached hydrogen (secondary N) is 1. The summed E-state index contributed by atoms with van der Waals surface area (Å²) in [6.45, 7) is 13.6. The number of likely N-dealkylation sites (tertiary alicyclic amines) is 1. The minimum Gasteiger partial charge on any atom is -0.375 e. The van der Waals surface area contributed by atoms with Crippen molar-refractivity contribution in [3.63, 3.8) is 0 Å². The van der Waals surface area contributed by atoms with Crippen molar-refractivity contribution in [2.75, 3.05) is 26.2 Å². The molecule has 0 spiro atoms. The molecule has 0 aliphatic carbocycles. The van der Waals surface area contributed by atoms with Gasteiger partial charge in [0.15, 0.2) is 0 Å². The van der Waals surface area contributed by atoms with Gasteiger partial charge >= 0.3 is 0 Å². The van der Waals surface area contributed by atoms with Gasteiger partial charge in [-0.25, -0.2) is 0 Å². The maximum atomic E-state index is 5.83. The molecule has 0 aromatic heterocycles. The Kier molecular flexibility index (Phi) is 4.68. The Morgan fingerprint density at radius 3 is 2.72 bits per heavy atom. The van der Waals surface area contributed by atoms with Crippen molar-refractivity contribution in [1.82, 2.24) is 10.2 Å². The first-order chi connectivity index (χ1) is 8.52. The van der Waals surface area contributed by atoms with E-state index in [4.69, 9.17) is 4.74 Å². The molecule has 0 saturated carbocycles. The Bertz CT molecular complexity index is 267. The van der Waals surface area contributed by atoms with Crippen LogP contribution in [0.15, 0.2) is 0 Å². The third kappa shape index (κ3) is 3.46. The van der Waals surface area contributed by atoms with Gasteiger partial charge < -0.3 is 10.1 Å². The van der Waals surface area contributed by atoms with Gasteiger partial charge in [-0.1, -0.05) is 13.8 Å². The van der Waals surface area contributed by atoms with E-state index in [0.29, 0.717) is 0 Å². The van der Waals surface area contributed by atoms with Crippen LogP contribution < -0.4 is 5.32 Å². The van der Waals surface area contributed by atoms with Crippen molar-refractivity contribution >= 4 is 0 Å². The molecule has 2 fully saturated rings. The summed E-state index contributed by atoms with van der Waals surface area (Å²) >= 11 is 0. The largest absolute Gasteiger partial charge is 0.375 e. The molecule has 2 heterocycles. The molecule has 0 bridgehead atoms. The standard InChI is InChI=1S/C15H30N2O/c1-5-16-14-6-8-17(11-12(14)2)13-7-9-18-15(3,4)10-13/h12-14,16H,5-11H2,1-4H3. The highest BCUT2D eigenvalue weighted by atomic mass is 16.5. The summed E-state index contributed by atoms with van der Waals surface area (Å²) in [6, 6.07) is 1.46. The first kappa shape index (κ1) is 14.3. The second kappa shape index (κ2) is 5.89. The van der Waals surface area contributed by atoms with Gasteiger partial charge in [-0.05, 0) is 52.1 Å². The molecule has 0 radical (unpaired) electrons. The summed E-state index contributed by atoms with van der Waals surface area (Å²) in [5.41, 5.74) is 0.0741. The molecule has 2 aliphatic rings. The number of hydrogen-bond acceptors (Lipinski definition) is 3. The van der Waals surface area contributed by atoms with Crippen molar-refractivity contribution < 1.29 is 4.74 Å². The molecular formula is C15H30N2O. The third-order valence-corrected chi connectivity index (χ3v) is 4.59. The van der Waals surface area contributed by atoms with Crippen LogP contribution in [-0.2, 0) is 4.74 Å². The van der Waals surface area contributed by atoms with E-state index >= 15 is 0 Å². The third-order valence-electron chi connectivity index (χ3n) is 4.59. The topological polar surface area (TPSA) is 24.5 Å². The zero-order chi connectivity index (χ0) is 13.2. The van der Waals surface area contributed by atoms with E-state index in [0.717, 1.165) is 31.2 Å². The summed E-state index contributed by atoms with van der Waals surface area (Å²) in [7, 11) is 0. The van der Waals surface area contributed by atoms with Crippen LogP contribution >= 0.6 is 0 Å². The lowest BCUT2D eigenvalue weighted by molar-refractivity contribution is -0.0887. The second-order valence-electron chi connectivity index (χ2n) is 6.68. The van der Waals surface area contributed by atoms with E-state index < -0.39 is 0 Å². The number of piperidine rings is 1. The van der Waals surface area contributed by atoms with Crippen LogP contribution in [0.4, 0.5) is 0 Å². The van der Waals surface area contributed by atoms with E-state index in [-0.39, 0.29) is 5.60 Å². The Morgan fingerprint density at radius 1 is 1.33 bits per heavy atom. The van der Waals surface area contributed by atoms with Crippen LogP contribution in [0.2, 0.25) is 0 Å². The van der Waals surface area contributed by atoms with Crippen molar-refractivity contribution in [1.29, 1.82) is 0 Å². The van der Waals surface area contributed by atoms with Crippen LogP contribution in [-0.4, -0.2) is 48.8 Å². The molecule has 3 unspecified atom stereocenters. The van der Waals surface area contributed by atoms with E-state index in [2.05, 4.69) is 37.9 Å². The molecular weight excluding hydrogens is 224 g/mol. The first-order valence-electron chi connectivity index (χ1n) is 7.63. The summed E-state index contributed by atoms with van der Waals surface area (Å²) in [5, 5.41) is 3.62. The lowest BCUT2D eigenvalue weighted by Crippen LogP contribution is -2.54. The fourth-order valence-electron chi connectivity index (χ4n) is 3.59. The van der Waals surface area contributed by atoms with Crippen molar-refractivity contribution in [3.05, 3.63) is 0 Å². The minimum atomic E-state index is 0.0741. The molecule has 2 aliphatic heterocycles. The Balaban J connectivity index is 1.88. The summed E-state index contributed by atoms with van der Waals surface area (Å²) in [5.74, 6) is 0.768. The average Bonchev–Trinajstić information content (AvgIpc) is 2.30. The maximum absolute atomic E-state index is 5.83. The number of nitrogens with zero attached hydrogens (tertiary/aromatic N) is 1. The first-order valence-corrected chi connectivity index (χ1v) is 7.63. The molecule has 18 heavy (non-hydrogen) atoms. The van der Waals surface area contributed by atoms with Gasteiger partial charge in [0.2, 0.25) is 0 Å². The second-order valence-corrected chi connectivity index (χ2v) is 6.68. The average molecular weight is 254 g/mol. The molecule has 0 aromatic rings. The van der Waals surface area contributed by atoms with Gasteiger partial charge in [0, 0.05) is 25.2 Å². The molecule has 3 heteroatoms. The molecule has 1 N–H and O–H groups in total. The molecule has 2 rings (SSSR count). The monoisotopic (exact) mass is 254 g/mol. The quantitative estimate of drug-likeness (QED) is 0.836. The normalized spacial score (nSPS) is 37.7. The molecule has 0 amide bonds. The number of rotatable bonds is 3. The number of hydrogen-bond donors (Lipinski definition) is 1. The highest BCUT2D eigenvalue weighted by Gasteiger charge is 2.35. The minimum absolute atomic E-state index is 0.0741. The highest BCUT2D eigenvalue weighted by molar-refractivity contribution is 4.90. The lowest BCUT2D eigenvalue weighted by Gasteiger charge is -2.46.